The fourth-order valence-electron chi connectivity index (χ4n) is 3.89. The van der Waals surface area contributed by atoms with Gasteiger partial charge in [-0.1, -0.05) is 84.4 Å². The van der Waals surface area contributed by atoms with Crippen LogP contribution in [-0.2, 0) is 25.7 Å². The second-order valence-electron chi connectivity index (χ2n) is 9.48. The van der Waals surface area contributed by atoms with Crippen LogP contribution in [0.15, 0.2) is 103 Å². The average Bonchev–Trinajstić information content (AvgIpc) is 2.99. The second-order valence-corrected chi connectivity index (χ2v) is 9.48. The molecule has 4 aromatic rings. The summed E-state index contributed by atoms with van der Waals surface area (Å²) in [6.45, 7) is 2.23. The maximum atomic E-state index is 9.00. The maximum absolute atomic E-state index is 9.00. The minimum absolute atomic E-state index is 0.0447. The Morgan fingerprint density at radius 3 is 1.49 bits per heavy atom. The molecule has 0 radical (unpaired) electrons. The van der Waals surface area contributed by atoms with Crippen molar-refractivity contribution in [3.63, 3.8) is 0 Å². The Morgan fingerprint density at radius 2 is 1.00 bits per heavy atom. The van der Waals surface area contributed by atoms with E-state index in [0.717, 1.165) is 37.0 Å². The standard InChI is InChI=1S/C24H26O2.C10H14O3/c25-18-19-26-24-16-14-23(15-17-24)13-12-22-10-8-21(9-11-22)7-6-20-4-2-1-3-5-20;1-8-2-4-10(5-3-8)13-7-9(12)6-11/h1-5,8-11,14-17,25H,6-7,12-13,18-19H2;2-5,9,11-12H,6-7H2,1H3. The van der Waals surface area contributed by atoms with Gasteiger partial charge in [0.15, 0.2) is 0 Å². The lowest BCUT2D eigenvalue weighted by Crippen LogP contribution is -2.21. The number of aliphatic hydroxyl groups is 3. The van der Waals surface area contributed by atoms with Gasteiger partial charge in [-0.05, 0) is 79.1 Å². The smallest absolute Gasteiger partial charge is 0.119 e. The maximum Gasteiger partial charge on any atom is 0.119 e. The molecule has 0 spiro atoms. The van der Waals surface area contributed by atoms with E-state index in [-0.39, 0.29) is 19.8 Å². The van der Waals surface area contributed by atoms with Gasteiger partial charge in [-0.2, -0.15) is 0 Å². The Labute approximate surface area is 232 Å². The molecule has 4 rings (SSSR count). The Hall–Kier alpha value is -3.64. The third kappa shape index (κ3) is 11.7. The second kappa shape index (κ2) is 17.0. The van der Waals surface area contributed by atoms with E-state index >= 15 is 0 Å². The van der Waals surface area contributed by atoms with Crippen LogP contribution in [0.5, 0.6) is 11.5 Å². The van der Waals surface area contributed by atoms with E-state index in [1.165, 1.54) is 22.3 Å². The summed E-state index contributed by atoms with van der Waals surface area (Å²) >= 11 is 0. The molecule has 0 amide bonds. The first-order valence-electron chi connectivity index (χ1n) is 13.5. The summed E-state index contributed by atoms with van der Waals surface area (Å²) in [5.41, 5.74) is 6.62. The van der Waals surface area contributed by atoms with E-state index in [4.69, 9.17) is 24.8 Å². The van der Waals surface area contributed by atoms with Gasteiger partial charge in [0.05, 0.1) is 13.2 Å². The van der Waals surface area contributed by atoms with Crippen molar-refractivity contribution in [2.45, 2.75) is 38.7 Å². The lowest BCUT2D eigenvalue weighted by molar-refractivity contribution is 0.0536. The van der Waals surface area contributed by atoms with Crippen LogP contribution in [0.2, 0.25) is 0 Å². The molecule has 5 heteroatoms. The molecule has 39 heavy (non-hydrogen) atoms. The van der Waals surface area contributed by atoms with Crippen molar-refractivity contribution >= 4 is 0 Å². The van der Waals surface area contributed by atoms with E-state index in [2.05, 4.69) is 66.7 Å². The quantitative estimate of drug-likeness (QED) is 0.218. The summed E-state index contributed by atoms with van der Waals surface area (Å²) in [5, 5.41) is 26.3. The number of hydrogen-bond acceptors (Lipinski definition) is 5. The molecule has 0 aromatic heterocycles. The van der Waals surface area contributed by atoms with Gasteiger partial charge in [0, 0.05) is 0 Å². The minimum atomic E-state index is -0.804. The zero-order chi connectivity index (χ0) is 27.7. The fraction of sp³-hybridized carbons (Fsp3) is 0.294. The molecule has 206 valence electrons. The van der Waals surface area contributed by atoms with Crippen LogP contribution in [0.4, 0.5) is 0 Å². The number of hydrogen-bond donors (Lipinski definition) is 3. The molecule has 1 unspecified atom stereocenters. The van der Waals surface area contributed by atoms with Crippen LogP contribution in [0.3, 0.4) is 0 Å². The summed E-state index contributed by atoms with van der Waals surface area (Å²) in [6, 6.07) is 35.3. The summed E-state index contributed by atoms with van der Waals surface area (Å²) < 4.78 is 10.6. The first-order valence-corrected chi connectivity index (χ1v) is 13.5. The summed E-state index contributed by atoms with van der Waals surface area (Å²) in [7, 11) is 0. The van der Waals surface area contributed by atoms with Crippen molar-refractivity contribution in [2.75, 3.05) is 26.4 Å². The number of rotatable bonds is 13. The number of aliphatic hydroxyl groups excluding tert-OH is 3. The van der Waals surface area contributed by atoms with Gasteiger partial charge in [0.2, 0.25) is 0 Å². The van der Waals surface area contributed by atoms with E-state index in [1.807, 2.05) is 43.3 Å². The topological polar surface area (TPSA) is 79.2 Å². The molecule has 4 aromatic carbocycles. The van der Waals surface area contributed by atoms with Crippen molar-refractivity contribution in [2.24, 2.45) is 0 Å². The van der Waals surface area contributed by atoms with Crippen molar-refractivity contribution in [3.8, 4) is 11.5 Å². The predicted molar refractivity (Wildman–Crippen MR) is 156 cm³/mol. The molecule has 5 nitrogen and oxygen atoms in total. The third-order valence-electron chi connectivity index (χ3n) is 6.23. The van der Waals surface area contributed by atoms with Gasteiger partial charge in [0.1, 0.15) is 30.8 Å². The van der Waals surface area contributed by atoms with Crippen LogP contribution in [0.25, 0.3) is 0 Å². The monoisotopic (exact) mass is 528 g/mol. The lowest BCUT2D eigenvalue weighted by atomic mass is 10.0. The first-order chi connectivity index (χ1) is 19.1. The number of benzene rings is 4. The average molecular weight is 529 g/mol. The predicted octanol–water partition coefficient (Wildman–Crippen LogP) is 5.36. The number of aryl methyl sites for hydroxylation is 5. The highest BCUT2D eigenvalue weighted by Crippen LogP contribution is 2.15. The highest BCUT2D eigenvalue weighted by Gasteiger charge is 2.02. The SMILES string of the molecule is Cc1ccc(OCC(O)CO)cc1.OCCOc1ccc(CCc2ccc(CCc3ccccc3)cc2)cc1. The summed E-state index contributed by atoms with van der Waals surface area (Å²) in [5.74, 6) is 1.52. The Bertz CT molecular complexity index is 1170. The molecule has 0 fully saturated rings. The molecule has 0 aliphatic heterocycles. The minimum Gasteiger partial charge on any atom is -0.491 e. The van der Waals surface area contributed by atoms with Crippen LogP contribution in [-0.4, -0.2) is 47.9 Å². The Morgan fingerprint density at radius 1 is 0.564 bits per heavy atom. The zero-order valence-corrected chi connectivity index (χ0v) is 22.7. The Kier molecular flexibility index (Phi) is 13.1. The van der Waals surface area contributed by atoms with E-state index < -0.39 is 6.10 Å². The van der Waals surface area contributed by atoms with Crippen LogP contribution in [0, 0.1) is 6.92 Å². The summed E-state index contributed by atoms with van der Waals surface area (Å²) in [4.78, 5) is 0. The molecule has 0 aliphatic carbocycles. The zero-order valence-electron chi connectivity index (χ0n) is 22.7. The summed E-state index contributed by atoms with van der Waals surface area (Å²) in [6.07, 6.45) is 3.42. The molecule has 0 aliphatic rings. The van der Waals surface area contributed by atoms with Crippen LogP contribution < -0.4 is 9.47 Å². The van der Waals surface area contributed by atoms with Crippen LogP contribution in [0.1, 0.15) is 27.8 Å². The van der Waals surface area contributed by atoms with Gasteiger partial charge in [-0.15, -0.1) is 0 Å². The largest absolute Gasteiger partial charge is 0.491 e. The van der Waals surface area contributed by atoms with Gasteiger partial charge in [0.25, 0.3) is 0 Å². The first kappa shape index (κ1) is 29.9. The Balaban J connectivity index is 0.000000272. The van der Waals surface area contributed by atoms with Crippen molar-refractivity contribution in [3.05, 3.63) is 131 Å². The lowest BCUT2D eigenvalue weighted by Gasteiger charge is -2.09. The van der Waals surface area contributed by atoms with Crippen molar-refractivity contribution < 1.29 is 24.8 Å². The molecule has 0 bridgehead atoms. The fourth-order valence-corrected chi connectivity index (χ4v) is 3.89. The van der Waals surface area contributed by atoms with Gasteiger partial charge >= 0.3 is 0 Å². The van der Waals surface area contributed by atoms with Gasteiger partial charge in [-0.3, -0.25) is 0 Å². The van der Waals surface area contributed by atoms with Gasteiger partial charge < -0.3 is 24.8 Å². The molecule has 0 saturated carbocycles. The van der Waals surface area contributed by atoms with E-state index in [0.29, 0.717) is 12.4 Å². The number of ether oxygens (including phenoxy) is 2. The van der Waals surface area contributed by atoms with E-state index in [9.17, 15) is 0 Å². The molecule has 1 atom stereocenters. The third-order valence-corrected chi connectivity index (χ3v) is 6.23. The van der Waals surface area contributed by atoms with Gasteiger partial charge in [-0.25, -0.2) is 0 Å². The van der Waals surface area contributed by atoms with Crippen molar-refractivity contribution in [1.29, 1.82) is 0 Å². The highest BCUT2D eigenvalue weighted by atomic mass is 16.5. The molecular weight excluding hydrogens is 488 g/mol. The molecule has 3 N–H and O–H groups in total. The normalized spacial score (nSPS) is 11.3. The molecular formula is C34H40O5. The van der Waals surface area contributed by atoms with E-state index in [1.54, 1.807) is 0 Å². The van der Waals surface area contributed by atoms with Crippen LogP contribution >= 0.6 is 0 Å². The molecule has 0 heterocycles. The highest BCUT2D eigenvalue weighted by molar-refractivity contribution is 5.29. The molecule has 0 saturated heterocycles. The van der Waals surface area contributed by atoms with Crippen molar-refractivity contribution in [1.82, 2.24) is 0 Å².